The van der Waals surface area contributed by atoms with Crippen molar-refractivity contribution in [3.63, 3.8) is 0 Å². The summed E-state index contributed by atoms with van der Waals surface area (Å²) in [5.74, 6) is -0.181. The van der Waals surface area contributed by atoms with E-state index < -0.39 is 0 Å². The second-order valence-corrected chi connectivity index (χ2v) is 3.28. The Morgan fingerprint density at radius 1 is 1.70 bits per heavy atom. The van der Waals surface area contributed by atoms with Gasteiger partial charge in [0.1, 0.15) is 4.32 Å². The number of nitrogens with one attached hydrogen (secondary N) is 1. The molecule has 58 valence electrons. The van der Waals surface area contributed by atoms with Crippen LogP contribution in [0.15, 0.2) is 10.3 Å². The zero-order chi connectivity index (χ0) is 6.85. The Kier molecular flexibility index (Phi) is 4.75. The molecule has 10 heavy (non-hydrogen) atoms. The van der Waals surface area contributed by atoms with Crippen LogP contribution in [0.3, 0.4) is 0 Å². The Morgan fingerprint density at radius 3 is 2.50 bits per heavy atom. The fourth-order valence-electron chi connectivity index (χ4n) is 0.404. The number of amides is 1. The summed E-state index contributed by atoms with van der Waals surface area (Å²) in [6, 6.07) is 0. The second-order valence-electron chi connectivity index (χ2n) is 1.33. The number of carbonyl (C=O) groups is 1. The van der Waals surface area contributed by atoms with E-state index in [1.165, 1.54) is 17.2 Å². The first-order chi connectivity index (χ1) is 4.24. The average molecular weight is 373 g/mol. The summed E-state index contributed by atoms with van der Waals surface area (Å²) >= 11 is 10.4. The first-order valence-corrected chi connectivity index (χ1v) is 3.79. The maximum Gasteiger partial charge on any atom is 1.00 e. The van der Waals surface area contributed by atoms with Crippen LogP contribution in [0.25, 0.3) is 0 Å². The van der Waals surface area contributed by atoms with Crippen LogP contribution in [0, 0.1) is 0 Å². The second kappa shape index (κ2) is 4.48. The minimum atomic E-state index is -0.181. The fourth-order valence-corrected chi connectivity index (χ4v) is 1.55. The van der Waals surface area contributed by atoms with Gasteiger partial charge in [0.2, 0.25) is 0 Å². The van der Waals surface area contributed by atoms with Crippen molar-refractivity contribution in [1.82, 2.24) is 5.32 Å². The van der Waals surface area contributed by atoms with Crippen molar-refractivity contribution >= 4 is 46.8 Å². The number of rotatable bonds is 0. The van der Waals surface area contributed by atoms with Crippen LogP contribution in [-0.4, -0.2) is 10.2 Å². The number of hydrogen-bond donors (Lipinski definition) is 1. The smallest absolute Gasteiger partial charge is 0.786 e. The van der Waals surface area contributed by atoms with Gasteiger partial charge >= 0.3 is 22.4 Å². The van der Waals surface area contributed by atoms with Gasteiger partial charge < -0.3 is 17.9 Å². The summed E-state index contributed by atoms with van der Waals surface area (Å²) < 4.78 is 0.483. The summed E-state index contributed by atoms with van der Waals surface area (Å²) in [6.45, 7) is 0. The van der Waals surface area contributed by atoms with E-state index in [-0.39, 0.29) is 28.3 Å². The molecule has 0 aromatic heterocycles. The van der Waals surface area contributed by atoms with Gasteiger partial charge in [0.15, 0.2) is 0 Å². The van der Waals surface area contributed by atoms with Gasteiger partial charge in [-0.1, -0.05) is 24.0 Å². The van der Waals surface area contributed by atoms with Gasteiger partial charge in [0.25, 0.3) is 5.91 Å². The molecule has 0 aromatic rings. The quantitative estimate of drug-likeness (QED) is 0.290. The minimum absolute atomic E-state index is 0. The summed E-state index contributed by atoms with van der Waals surface area (Å²) in [5.41, 5.74) is 0. The van der Waals surface area contributed by atoms with Gasteiger partial charge in [-0.05, 0) is 0 Å². The number of carbonyl (C=O) groups excluding carboxylic acids is 1. The third-order valence-corrected chi connectivity index (χ3v) is 2.30. The predicted molar refractivity (Wildman–Crippen MR) is 43.8 cm³/mol. The SMILES string of the molecule is O=C1NC(=S)S/C1=C\[S-].[Au+]. The Balaban J connectivity index is 0.000000810. The van der Waals surface area contributed by atoms with Gasteiger partial charge in [-0.3, -0.25) is 4.79 Å². The summed E-state index contributed by atoms with van der Waals surface area (Å²) in [5, 5.41) is 3.77. The van der Waals surface area contributed by atoms with E-state index in [0.717, 1.165) is 0 Å². The van der Waals surface area contributed by atoms with E-state index in [2.05, 4.69) is 30.2 Å². The molecule has 0 unspecified atom stereocenters. The van der Waals surface area contributed by atoms with Crippen molar-refractivity contribution in [2.45, 2.75) is 0 Å². The fraction of sp³-hybridized carbons (Fsp3) is 0. The molecule has 1 aliphatic rings. The molecule has 0 spiro atoms. The molecule has 0 aliphatic carbocycles. The molecule has 0 aromatic carbocycles. The van der Waals surface area contributed by atoms with E-state index in [4.69, 9.17) is 0 Å². The molecule has 0 radical (unpaired) electrons. The molecule has 0 saturated carbocycles. The Labute approximate surface area is 89.1 Å². The van der Waals surface area contributed by atoms with Crippen molar-refractivity contribution in [1.29, 1.82) is 0 Å². The van der Waals surface area contributed by atoms with Gasteiger partial charge in [-0.2, -0.15) is 5.41 Å². The Hall–Kier alpha value is 0.610. The third kappa shape index (κ3) is 2.34. The monoisotopic (exact) mass is 373 g/mol. The summed E-state index contributed by atoms with van der Waals surface area (Å²) in [6.07, 6.45) is 0. The summed E-state index contributed by atoms with van der Waals surface area (Å²) in [4.78, 5) is 11.2. The van der Waals surface area contributed by atoms with Crippen molar-refractivity contribution in [2.24, 2.45) is 0 Å². The molecule has 1 heterocycles. The van der Waals surface area contributed by atoms with E-state index in [0.29, 0.717) is 9.23 Å². The number of thioether (sulfide) groups is 1. The molecule has 6 heteroatoms. The molecule has 1 rings (SSSR count). The van der Waals surface area contributed by atoms with Crippen LogP contribution < -0.4 is 5.32 Å². The molecule has 1 fully saturated rings. The van der Waals surface area contributed by atoms with Crippen molar-refractivity contribution in [2.75, 3.05) is 0 Å². The van der Waals surface area contributed by atoms with Crippen LogP contribution in [-0.2, 0) is 39.8 Å². The topological polar surface area (TPSA) is 29.1 Å². The van der Waals surface area contributed by atoms with E-state index in [1.807, 2.05) is 0 Å². The van der Waals surface area contributed by atoms with Gasteiger partial charge in [-0.15, -0.1) is 0 Å². The molecule has 0 bridgehead atoms. The van der Waals surface area contributed by atoms with Crippen molar-refractivity contribution in [3.8, 4) is 0 Å². The van der Waals surface area contributed by atoms with Gasteiger partial charge in [0, 0.05) is 0 Å². The van der Waals surface area contributed by atoms with E-state index >= 15 is 0 Å². The van der Waals surface area contributed by atoms with Crippen LogP contribution in [0.4, 0.5) is 0 Å². The molecule has 1 N–H and O–H groups in total. The maximum absolute atomic E-state index is 10.7. The largest absolute Gasteiger partial charge is 1.00 e. The molecular weight excluding hydrogens is 371 g/mol. The molecule has 0 atom stereocenters. The van der Waals surface area contributed by atoms with Gasteiger partial charge in [0.05, 0.1) is 4.91 Å². The first kappa shape index (κ1) is 10.6. The standard InChI is InChI=1S/C4H3NOS3.Au/c6-3-2(1-7)9-4(8)5-3;/h1,7H,(H,5,6,8);/q;+1/p-1/b2-1-;. The van der Waals surface area contributed by atoms with E-state index in [1.54, 1.807) is 0 Å². The Bertz CT molecular complexity index is 203. The van der Waals surface area contributed by atoms with Crippen LogP contribution >= 0.6 is 24.0 Å². The van der Waals surface area contributed by atoms with Crippen molar-refractivity contribution in [3.05, 3.63) is 10.3 Å². The minimum Gasteiger partial charge on any atom is -0.786 e. The maximum atomic E-state index is 10.7. The average Bonchev–Trinajstić information content (AvgIpc) is 2.10. The van der Waals surface area contributed by atoms with Crippen molar-refractivity contribution < 1.29 is 27.2 Å². The zero-order valence-electron chi connectivity index (χ0n) is 4.51. The first-order valence-electron chi connectivity index (χ1n) is 2.09. The van der Waals surface area contributed by atoms with Crippen LogP contribution in [0.1, 0.15) is 0 Å². The molecule has 2 nitrogen and oxygen atoms in total. The molecule has 1 amide bonds. The third-order valence-electron chi connectivity index (χ3n) is 0.749. The number of hydrogen-bond acceptors (Lipinski definition) is 4. The molecular formula is C4H2AuNOS3. The molecule has 1 saturated heterocycles. The predicted octanol–water partition coefficient (Wildman–Crippen LogP) is 0.520. The zero-order valence-corrected chi connectivity index (χ0v) is 9.13. The van der Waals surface area contributed by atoms with Crippen LogP contribution in [0.5, 0.6) is 0 Å². The van der Waals surface area contributed by atoms with Gasteiger partial charge in [-0.25, -0.2) is 0 Å². The normalized spacial score (nSPS) is 20.6. The number of thiocarbonyl (C=S) groups is 1. The summed E-state index contributed by atoms with van der Waals surface area (Å²) in [7, 11) is 0. The van der Waals surface area contributed by atoms with Crippen LogP contribution in [0.2, 0.25) is 0 Å². The molecule has 1 aliphatic heterocycles. The Morgan fingerprint density at radius 2 is 2.30 bits per heavy atom. The van der Waals surface area contributed by atoms with E-state index in [9.17, 15) is 4.79 Å².